The summed E-state index contributed by atoms with van der Waals surface area (Å²) in [5.74, 6) is 0.296. The van der Waals surface area contributed by atoms with Crippen molar-refractivity contribution >= 4 is 5.71 Å². The van der Waals surface area contributed by atoms with Gasteiger partial charge in [-0.05, 0) is 92.8 Å². The summed E-state index contributed by atoms with van der Waals surface area (Å²) in [7, 11) is 0. The molecule has 0 spiro atoms. The molecule has 0 aliphatic carbocycles. The molecule has 1 saturated heterocycles. The fraction of sp³-hybridized carbons (Fsp3) is 0.567. The van der Waals surface area contributed by atoms with E-state index in [2.05, 4.69) is 48.3 Å². The highest BCUT2D eigenvalue weighted by Crippen LogP contribution is 2.46. The molecule has 0 bridgehead atoms. The van der Waals surface area contributed by atoms with Crippen LogP contribution in [0.1, 0.15) is 105 Å². The fourth-order valence-electron chi connectivity index (χ4n) is 6.32. The van der Waals surface area contributed by atoms with Gasteiger partial charge in [-0.25, -0.2) is 8.78 Å². The lowest BCUT2D eigenvalue weighted by Gasteiger charge is -2.37. The second-order valence-electron chi connectivity index (χ2n) is 10.9. The van der Waals surface area contributed by atoms with Crippen LogP contribution >= 0.6 is 0 Å². The van der Waals surface area contributed by atoms with Crippen LogP contribution in [0.15, 0.2) is 36.1 Å². The first-order valence-corrected chi connectivity index (χ1v) is 13.4. The number of rotatable bonds is 8. The summed E-state index contributed by atoms with van der Waals surface area (Å²) in [4.78, 5) is 4.41. The van der Waals surface area contributed by atoms with Gasteiger partial charge in [-0.2, -0.15) is 0 Å². The van der Waals surface area contributed by atoms with Gasteiger partial charge in [0.05, 0.1) is 6.10 Å². The molecule has 0 radical (unpaired) electrons. The monoisotopic (exact) mass is 513 g/mol. The van der Waals surface area contributed by atoms with Gasteiger partial charge < -0.3 is 19.7 Å². The predicted molar refractivity (Wildman–Crippen MR) is 144 cm³/mol. The van der Waals surface area contributed by atoms with Crippen LogP contribution in [0.5, 0.6) is 0 Å². The predicted octanol–water partition coefficient (Wildman–Crippen LogP) is 6.68. The number of aliphatic imine (C=N–C) groups is 1. The second-order valence-corrected chi connectivity index (χ2v) is 10.9. The molecule has 202 valence electrons. The summed E-state index contributed by atoms with van der Waals surface area (Å²) in [6.45, 7) is 16.9. The van der Waals surface area contributed by atoms with Gasteiger partial charge in [0, 0.05) is 41.5 Å². The van der Waals surface area contributed by atoms with Crippen LogP contribution in [-0.2, 0) is 23.3 Å². The van der Waals surface area contributed by atoms with E-state index in [1.54, 1.807) is 20.0 Å². The largest absolute Gasteiger partial charge is 0.383 e. The number of benzene rings is 1. The number of hydrogen-bond donors (Lipinski definition) is 2. The fourth-order valence-corrected chi connectivity index (χ4v) is 6.32. The third-order valence-electron chi connectivity index (χ3n) is 8.48. The molecule has 3 heterocycles. The summed E-state index contributed by atoms with van der Waals surface area (Å²) in [5, 5.41) is 15.4. The maximum Gasteiger partial charge on any atom is 0.264 e. The van der Waals surface area contributed by atoms with Crippen LogP contribution < -0.4 is 5.32 Å². The molecule has 2 aliphatic rings. The number of fused-ring (bicyclic) bond motifs is 1. The van der Waals surface area contributed by atoms with E-state index < -0.39 is 18.1 Å². The smallest absolute Gasteiger partial charge is 0.264 e. The van der Waals surface area contributed by atoms with Gasteiger partial charge in [0.15, 0.2) is 0 Å². The number of ether oxygens (including phenoxy) is 1. The minimum Gasteiger partial charge on any atom is -0.383 e. The standard InChI is InChI=1S/C30H41F2N3O2/c1-8-17(3)27-22(20(6)34-9-2)11-13-35(27)26-14-18(4)28(37-26)30(7,36)25-15-23(29(31)32)19(5)21-10-12-33-16-24(21)25/h9,11,13,15,17-18,26,28-29,33,36H,2,8,10,12,14,16H2,1,3-7H3/t17?,18?,26?,28?,30-/m1/s1. The Bertz CT molecular complexity index is 1180. The number of nitrogens with one attached hydrogen (secondary N) is 1. The lowest BCUT2D eigenvalue weighted by atomic mass is 9.77. The highest BCUT2D eigenvalue weighted by Gasteiger charge is 2.47. The number of nitrogens with zero attached hydrogens (tertiary/aromatic N) is 2. The zero-order valence-corrected chi connectivity index (χ0v) is 22.9. The average Bonchev–Trinajstić information content (AvgIpc) is 3.48. The van der Waals surface area contributed by atoms with E-state index in [0.717, 1.165) is 41.1 Å². The van der Waals surface area contributed by atoms with Gasteiger partial charge in [-0.15, -0.1) is 0 Å². The average molecular weight is 514 g/mol. The number of aliphatic hydroxyl groups is 1. The zero-order chi connectivity index (χ0) is 27.1. The van der Waals surface area contributed by atoms with Crippen LogP contribution in [-0.4, -0.2) is 28.0 Å². The van der Waals surface area contributed by atoms with Gasteiger partial charge in [0.1, 0.15) is 11.8 Å². The number of aromatic nitrogens is 1. The Morgan fingerprint density at radius 3 is 2.78 bits per heavy atom. The number of hydrogen-bond acceptors (Lipinski definition) is 4. The van der Waals surface area contributed by atoms with E-state index in [4.69, 9.17) is 4.74 Å². The molecule has 0 amide bonds. The van der Waals surface area contributed by atoms with Crippen LogP contribution in [0.4, 0.5) is 8.78 Å². The van der Waals surface area contributed by atoms with E-state index in [9.17, 15) is 13.9 Å². The molecule has 4 unspecified atom stereocenters. The summed E-state index contributed by atoms with van der Waals surface area (Å²) in [5.41, 5.74) is 4.75. The molecule has 37 heavy (non-hydrogen) atoms. The van der Waals surface area contributed by atoms with Gasteiger partial charge in [-0.3, -0.25) is 4.99 Å². The van der Waals surface area contributed by atoms with Crippen LogP contribution in [0.25, 0.3) is 0 Å². The third-order valence-corrected chi connectivity index (χ3v) is 8.48. The molecule has 5 atom stereocenters. The van der Waals surface area contributed by atoms with Gasteiger partial charge in [0.25, 0.3) is 6.43 Å². The van der Waals surface area contributed by atoms with E-state index in [-0.39, 0.29) is 23.6 Å². The Hall–Kier alpha value is -2.35. The third kappa shape index (κ3) is 4.93. The normalized spacial score (nSPS) is 24.7. The lowest BCUT2D eigenvalue weighted by molar-refractivity contribution is -0.124. The van der Waals surface area contributed by atoms with Crippen molar-refractivity contribution in [3.63, 3.8) is 0 Å². The molecule has 2 N–H and O–H groups in total. The molecule has 4 rings (SSSR count). The van der Waals surface area contributed by atoms with Crippen LogP contribution in [0, 0.1) is 12.8 Å². The highest BCUT2D eigenvalue weighted by molar-refractivity contribution is 6.00. The lowest BCUT2D eigenvalue weighted by Crippen LogP contribution is -2.42. The Morgan fingerprint density at radius 2 is 2.14 bits per heavy atom. The summed E-state index contributed by atoms with van der Waals surface area (Å²) in [6.07, 6.45) is 2.53. The molecule has 5 nitrogen and oxygen atoms in total. The first-order chi connectivity index (χ1) is 17.5. The van der Waals surface area contributed by atoms with E-state index >= 15 is 0 Å². The maximum absolute atomic E-state index is 14.0. The molecule has 2 aliphatic heterocycles. The van der Waals surface area contributed by atoms with Crippen molar-refractivity contribution in [3.8, 4) is 0 Å². The van der Waals surface area contributed by atoms with Crippen molar-refractivity contribution in [2.75, 3.05) is 6.54 Å². The topological polar surface area (TPSA) is 58.8 Å². The van der Waals surface area contributed by atoms with Gasteiger partial charge in [0.2, 0.25) is 0 Å². The molecular formula is C30H41F2N3O2. The Labute approximate surface area is 219 Å². The Kier molecular flexibility index (Phi) is 8.07. The molecule has 0 saturated carbocycles. The SMILES string of the molecule is C=CN=C(C)c1ccn(C2CC(C)C([C@](C)(O)c3cc(C(F)F)c(C)c4c3CNCC4)O2)c1C(C)CC. The molecule has 7 heteroatoms. The highest BCUT2D eigenvalue weighted by atomic mass is 19.3. The maximum atomic E-state index is 14.0. The minimum atomic E-state index is -2.60. The molecule has 1 aromatic heterocycles. The quantitative estimate of drug-likeness (QED) is 0.387. The van der Waals surface area contributed by atoms with Gasteiger partial charge >= 0.3 is 0 Å². The molecule has 2 aromatic rings. The summed E-state index contributed by atoms with van der Waals surface area (Å²) in [6, 6.07) is 3.59. The number of halogens is 2. The Morgan fingerprint density at radius 1 is 1.41 bits per heavy atom. The second kappa shape index (κ2) is 10.8. The van der Waals surface area contributed by atoms with Gasteiger partial charge in [-0.1, -0.05) is 27.4 Å². The number of alkyl halides is 2. The van der Waals surface area contributed by atoms with Crippen molar-refractivity contribution in [1.29, 1.82) is 0 Å². The zero-order valence-electron chi connectivity index (χ0n) is 22.9. The minimum absolute atomic E-state index is 0.00390. The van der Waals surface area contributed by atoms with Crippen molar-refractivity contribution in [1.82, 2.24) is 9.88 Å². The van der Waals surface area contributed by atoms with Crippen molar-refractivity contribution < 1.29 is 18.6 Å². The van der Waals surface area contributed by atoms with Crippen molar-refractivity contribution in [2.45, 2.75) is 97.6 Å². The van der Waals surface area contributed by atoms with E-state index in [0.29, 0.717) is 30.5 Å². The molecule has 1 fully saturated rings. The Balaban J connectivity index is 1.74. The van der Waals surface area contributed by atoms with Crippen LogP contribution in [0.3, 0.4) is 0 Å². The van der Waals surface area contributed by atoms with Crippen molar-refractivity contribution in [2.24, 2.45) is 10.9 Å². The molecular weight excluding hydrogens is 472 g/mol. The summed E-state index contributed by atoms with van der Waals surface area (Å²) >= 11 is 0. The van der Waals surface area contributed by atoms with Crippen molar-refractivity contribution in [3.05, 3.63) is 70.2 Å². The first kappa shape index (κ1) is 27.7. The molecule has 1 aromatic carbocycles. The first-order valence-electron chi connectivity index (χ1n) is 13.4. The van der Waals surface area contributed by atoms with E-state index in [1.165, 1.54) is 6.07 Å². The van der Waals surface area contributed by atoms with E-state index in [1.807, 2.05) is 13.1 Å². The summed E-state index contributed by atoms with van der Waals surface area (Å²) < 4.78 is 36.9. The van der Waals surface area contributed by atoms with Crippen LogP contribution in [0.2, 0.25) is 0 Å².